The maximum Gasteiger partial charge on any atom is 0.254 e. The summed E-state index contributed by atoms with van der Waals surface area (Å²) in [5.41, 5.74) is 4.54. The number of piperazine rings is 1. The molecule has 1 saturated heterocycles. The monoisotopic (exact) mass is 370 g/mol. The molecule has 1 aliphatic rings. The highest BCUT2D eigenvalue weighted by Crippen LogP contribution is 2.27. The van der Waals surface area contributed by atoms with Crippen molar-refractivity contribution in [2.45, 2.75) is 13.0 Å². The Morgan fingerprint density at radius 2 is 1.68 bits per heavy atom. The van der Waals surface area contributed by atoms with Crippen LogP contribution in [-0.4, -0.2) is 29.8 Å². The highest BCUT2D eigenvalue weighted by atomic mass is 16.2. The molecule has 140 valence electrons. The third-order valence-corrected chi connectivity index (χ3v) is 5.05. The molecular weight excluding hydrogens is 348 g/mol. The number of nitrogens with zero attached hydrogens (tertiary/aromatic N) is 1. The molecule has 2 amide bonds. The van der Waals surface area contributed by atoms with E-state index in [-0.39, 0.29) is 11.8 Å². The molecule has 0 radical (unpaired) electrons. The van der Waals surface area contributed by atoms with Crippen LogP contribution in [-0.2, 0) is 4.79 Å². The van der Waals surface area contributed by atoms with Crippen molar-refractivity contribution in [3.63, 3.8) is 0 Å². The highest BCUT2D eigenvalue weighted by Gasteiger charge is 2.34. The summed E-state index contributed by atoms with van der Waals surface area (Å²) in [7, 11) is 0. The Hall–Kier alpha value is -3.40. The average Bonchev–Trinajstić information content (AvgIpc) is 2.74. The van der Waals surface area contributed by atoms with Crippen LogP contribution in [0.1, 0.15) is 27.5 Å². The Kier molecular flexibility index (Phi) is 4.94. The van der Waals surface area contributed by atoms with E-state index >= 15 is 0 Å². The van der Waals surface area contributed by atoms with Gasteiger partial charge in [-0.15, -0.1) is 0 Å². The van der Waals surface area contributed by atoms with Gasteiger partial charge < -0.3 is 10.2 Å². The van der Waals surface area contributed by atoms with E-state index in [9.17, 15) is 9.59 Å². The maximum absolute atomic E-state index is 13.3. The second-order valence-electron chi connectivity index (χ2n) is 7.05. The van der Waals surface area contributed by atoms with Gasteiger partial charge in [-0.25, -0.2) is 0 Å². The summed E-state index contributed by atoms with van der Waals surface area (Å²) in [6.07, 6.45) is 0. The molecule has 4 nitrogen and oxygen atoms in total. The first kappa shape index (κ1) is 18.0. The summed E-state index contributed by atoms with van der Waals surface area (Å²) in [6.45, 7) is 2.93. The van der Waals surface area contributed by atoms with E-state index in [1.165, 1.54) is 0 Å². The first-order chi connectivity index (χ1) is 13.6. The quantitative estimate of drug-likeness (QED) is 0.758. The van der Waals surface area contributed by atoms with E-state index in [0.29, 0.717) is 18.7 Å². The SMILES string of the molecule is Cc1cccc(C2C(=O)NCCN2C(=O)c2cccc(-c3ccccc3)c2)c1. The van der Waals surface area contributed by atoms with Gasteiger partial charge in [-0.05, 0) is 35.7 Å². The molecule has 28 heavy (non-hydrogen) atoms. The average molecular weight is 370 g/mol. The van der Waals surface area contributed by atoms with Gasteiger partial charge in [-0.1, -0.05) is 72.3 Å². The third kappa shape index (κ3) is 3.54. The molecule has 4 rings (SSSR count). The molecule has 1 fully saturated rings. The fraction of sp³-hybridized carbons (Fsp3) is 0.167. The molecule has 4 heteroatoms. The zero-order chi connectivity index (χ0) is 19.5. The number of carbonyl (C=O) groups excluding carboxylic acids is 2. The van der Waals surface area contributed by atoms with E-state index in [2.05, 4.69) is 5.32 Å². The van der Waals surface area contributed by atoms with E-state index in [1.807, 2.05) is 85.8 Å². The van der Waals surface area contributed by atoms with Crippen LogP contribution in [0, 0.1) is 6.92 Å². The van der Waals surface area contributed by atoms with Gasteiger partial charge in [0, 0.05) is 18.7 Å². The minimum Gasteiger partial charge on any atom is -0.352 e. The fourth-order valence-corrected chi connectivity index (χ4v) is 3.69. The molecule has 0 bridgehead atoms. The predicted molar refractivity (Wildman–Crippen MR) is 110 cm³/mol. The summed E-state index contributed by atoms with van der Waals surface area (Å²) in [5.74, 6) is -0.261. The van der Waals surface area contributed by atoms with Crippen LogP contribution < -0.4 is 5.32 Å². The molecule has 0 aromatic heterocycles. The van der Waals surface area contributed by atoms with Gasteiger partial charge in [-0.2, -0.15) is 0 Å². The zero-order valence-electron chi connectivity index (χ0n) is 15.8. The van der Waals surface area contributed by atoms with Crippen LogP contribution >= 0.6 is 0 Å². The van der Waals surface area contributed by atoms with Crippen LogP contribution in [0.5, 0.6) is 0 Å². The van der Waals surface area contributed by atoms with Crippen LogP contribution in [0.15, 0.2) is 78.9 Å². The summed E-state index contributed by atoms with van der Waals surface area (Å²) >= 11 is 0. The van der Waals surface area contributed by atoms with Gasteiger partial charge >= 0.3 is 0 Å². The van der Waals surface area contributed by atoms with E-state index in [4.69, 9.17) is 0 Å². The molecule has 1 heterocycles. The first-order valence-corrected chi connectivity index (χ1v) is 9.44. The predicted octanol–water partition coefficient (Wildman–Crippen LogP) is 3.98. The van der Waals surface area contributed by atoms with Gasteiger partial charge in [0.25, 0.3) is 5.91 Å². The third-order valence-electron chi connectivity index (χ3n) is 5.05. The lowest BCUT2D eigenvalue weighted by Crippen LogP contribution is -2.52. The van der Waals surface area contributed by atoms with Gasteiger partial charge in [0.05, 0.1) is 0 Å². The van der Waals surface area contributed by atoms with Crippen molar-refractivity contribution in [1.29, 1.82) is 0 Å². The molecule has 1 unspecified atom stereocenters. The lowest BCUT2D eigenvalue weighted by Gasteiger charge is -2.35. The van der Waals surface area contributed by atoms with Crippen LogP contribution in [0.2, 0.25) is 0 Å². The second kappa shape index (κ2) is 7.69. The van der Waals surface area contributed by atoms with Crippen LogP contribution in [0.25, 0.3) is 11.1 Å². The number of rotatable bonds is 3. The van der Waals surface area contributed by atoms with E-state index in [0.717, 1.165) is 22.3 Å². The number of nitrogens with one attached hydrogen (secondary N) is 1. The normalized spacial score (nSPS) is 16.5. The standard InChI is InChI=1S/C24H22N2O2/c1-17-7-5-11-20(15-17)22-23(27)25-13-14-26(22)24(28)21-12-6-10-19(16-21)18-8-3-2-4-9-18/h2-12,15-16,22H,13-14H2,1H3,(H,25,27). The molecule has 0 spiro atoms. The Morgan fingerprint density at radius 1 is 0.929 bits per heavy atom. The van der Waals surface area contributed by atoms with Crippen molar-refractivity contribution in [2.75, 3.05) is 13.1 Å². The van der Waals surface area contributed by atoms with Crippen LogP contribution in [0.3, 0.4) is 0 Å². The Labute approximate surface area is 164 Å². The van der Waals surface area contributed by atoms with Crippen molar-refractivity contribution in [1.82, 2.24) is 10.2 Å². The van der Waals surface area contributed by atoms with Gasteiger partial charge in [-0.3, -0.25) is 9.59 Å². The van der Waals surface area contributed by atoms with Gasteiger partial charge in [0.2, 0.25) is 5.91 Å². The number of carbonyl (C=O) groups is 2. The van der Waals surface area contributed by atoms with Crippen molar-refractivity contribution in [3.05, 3.63) is 95.6 Å². The summed E-state index contributed by atoms with van der Waals surface area (Å²) in [5, 5.41) is 2.89. The van der Waals surface area contributed by atoms with Crippen LogP contribution in [0.4, 0.5) is 0 Å². The molecule has 1 atom stereocenters. The number of hydrogen-bond acceptors (Lipinski definition) is 2. The topological polar surface area (TPSA) is 49.4 Å². The molecule has 3 aromatic carbocycles. The number of hydrogen-bond donors (Lipinski definition) is 1. The van der Waals surface area contributed by atoms with E-state index in [1.54, 1.807) is 4.90 Å². The zero-order valence-corrected chi connectivity index (χ0v) is 15.8. The highest BCUT2D eigenvalue weighted by molar-refractivity contribution is 5.99. The minimum atomic E-state index is -0.610. The lowest BCUT2D eigenvalue weighted by molar-refractivity contribution is -0.128. The smallest absolute Gasteiger partial charge is 0.254 e. The lowest BCUT2D eigenvalue weighted by atomic mass is 9.98. The molecular formula is C24H22N2O2. The summed E-state index contributed by atoms with van der Waals surface area (Å²) in [6, 6.07) is 24.7. The van der Waals surface area contributed by atoms with Crippen molar-refractivity contribution in [2.24, 2.45) is 0 Å². The largest absolute Gasteiger partial charge is 0.352 e. The van der Waals surface area contributed by atoms with Gasteiger partial charge in [0.15, 0.2) is 0 Å². The molecule has 0 aliphatic carbocycles. The number of aryl methyl sites for hydroxylation is 1. The first-order valence-electron chi connectivity index (χ1n) is 9.44. The number of amides is 2. The molecule has 1 N–H and O–H groups in total. The Balaban J connectivity index is 1.69. The Morgan fingerprint density at radius 3 is 2.46 bits per heavy atom. The van der Waals surface area contributed by atoms with Crippen molar-refractivity contribution in [3.8, 4) is 11.1 Å². The summed E-state index contributed by atoms with van der Waals surface area (Å²) < 4.78 is 0. The van der Waals surface area contributed by atoms with Crippen molar-refractivity contribution >= 4 is 11.8 Å². The Bertz CT molecular complexity index is 1010. The molecule has 1 aliphatic heterocycles. The van der Waals surface area contributed by atoms with E-state index < -0.39 is 6.04 Å². The minimum absolute atomic E-state index is 0.126. The summed E-state index contributed by atoms with van der Waals surface area (Å²) in [4.78, 5) is 27.7. The maximum atomic E-state index is 13.3. The fourth-order valence-electron chi connectivity index (χ4n) is 3.69. The second-order valence-corrected chi connectivity index (χ2v) is 7.05. The van der Waals surface area contributed by atoms with Gasteiger partial charge in [0.1, 0.15) is 6.04 Å². The van der Waals surface area contributed by atoms with Crippen molar-refractivity contribution < 1.29 is 9.59 Å². The molecule has 3 aromatic rings. The molecule has 0 saturated carbocycles. The number of benzene rings is 3.